The molecule has 0 saturated heterocycles. The molecule has 0 rings (SSSR count). The first-order valence-electron chi connectivity index (χ1n) is 8.02. The zero-order valence-corrected chi connectivity index (χ0v) is 15.0. The lowest BCUT2D eigenvalue weighted by Gasteiger charge is -2.24. The van der Waals surface area contributed by atoms with E-state index in [1.807, 2.05) is 27.7 Å². The Kier molecular flexibility index (Phi) is 43.6. The van der Waals surface area contributed by atoms with Gasteiger partial charge in [0.05, 0.1) is 0 Å². The molecule has 0 unspecified atom stereocenters. The van der Waals surface area contributed by atoms with Crippen LogP contribution in [0, 0.1) is 0 Å². The second-order valence-electron chi connectivity index (χ2n) is 3.87. The predicted molar refractivity (Wildman–Crippen MR) is 90.2 cm³/mol. The van der Waals surface area contributed by atoms with Crippen LogP contribution in [0.1, 0.15) is 88.5 Å². The smallest absolute Gasteiger partial charge is 0.0227 e. The van der Waals surface area contributed by atoms with Gasteiger partial charge in [0.1, 0.15) is 0 Å². The molecule has 0 aliphatic heterocycles. The topological polar surface area (TPSA) is 3.24 Å². The second-order valence-corrected chi connectivity index (χ2v) is 3.87. The van der Waals surface area contributed by atoms with Crippen molar-refractivity contribution in [1.29, 1.82) is 0 Å². The minimum atomic E-state index is 0.637. The van der Waals surface area contributed by atoms with Crippen LogP contribution in [0.3, 0.4) is 0 Å². The maximum absolute atomic E-state index is 2.38. The van der Waals surface area contributed by atoms with Crippen LogP contribution in [-0.2, 0) is 0 Å². The number of nitrogens with zero attached hydrogens (tertiary/aromatic N) is 1. The Morgan fingerprint density at radius 3 is 1.56 bits per heavy atom. The van der Waals surface area contributed by atoms with Gasteiger partial charge >= 0.3 is 0 Å². The van der Waals surface area contributed by atoms with Crippen molar-refractivity contribution in [3.8, 4) is 0 Å². The maximum Gasteiger partial charge on any atom is 0.0227 e. The first-order valence-corrected chi connectivity index (χ1v) is 8.02. The summed E-state index contributed by atoms with van der Waals surface area (Å²) in [6.45, 7) is 22.2. The molecule has 0 radical (unpaired) electrons. The number of unbranched alkanes of at least 4 members (excludes halogenated alkanes) is 1. The highest BCUT2D eigenvalue weighted by molar-refractivity contribution is 4.80. The van der Waals surface area contributed by atoms with E-state index in [0.717, 1.165) is 0 Å². The van der Waals surface area contributed by atoms with Crippen LogP contribution in [-0.4, -0.2) is 17.5 Å². The van der Waals surface area contributed by atoms with E-state index < -0.39 is 0 Å². The normalized spacial score (nSPS) is 8.61. The van der Waals surface area contributed by atoms with Gasteiger partial charge in [0.25, 0.3) is 0 Å². The number of allylic oxidation sites excluding steroid dienone is 1. The predicted octanol–water partition coefficient (Wildman–Crippen LogP) is 6.50. The van der Waals surface area contributed by atoms with E-state index in [1.54, 1.807) is 0 Å². The number of hydrogen-bond acceptors (Lipinski definition) is 1. The molecule has 1 heteroatoms. The largest absolute Gasteiger partial charge is 0.375 e. The molecule has 0 heterocycles. The van der Waals surface area contributed by atoms with E-state index in [1.165, 1.54) is 25.8 Å². The molecule has 114 valence electrons. The number of rotatable bonds is 5. The highest BCUT2D eigenvalue weighted by atomic mass is 15.1. The third-order valence-electron chi connectivity index (χ3n) is 1.77. The summed E-state index contributed by atoms with van der Waals surface area (Å²) >= 11 is 0. The van der Waals surface area contributed by atoms with E-state index in [-0.39, 0.29) is 0 Å². The van der Waals surface area contributed by atoms with Crippen molar-refractivity contribution in [2.24, 2.45) is 0 Å². The Bertz CT molecular complexity index is 117. The van der Waals surface area contributed by atoms with Crippen molar-refractivity contribution in [2.45, 2.75) is 94.5 Å². The van der Waals surface area contributed by atoms with Gasteiger partial charge in [-0.1, -0.05) is 67.4 Å². The van der Waals surface area contributed by atoms with E-state index >= 15 is 0 Å². The molecule has 0 atom stereocenters. The molecule has 0 amide bonds. The van der Waals surface area contributed by atoms with Crippen molar-refractivity contribution < 1.29 is 0 Å². The molecule has 18 heavy (non-hydrogen) atoms. The Balaban J connectivity index is -0.000000118. The fourth-order valence-corrected chi connectivity index (χ4v) is 1.04. The van der Waals surface area contributed by atoms with Gasteiger partial charge in [0.15, 0.2) is 0 Å². The molecule has 0 aromatic rings. The zero-order valence-electron chi connectivity index (χ0n) is 15.0. The maximum atomic E-state index is 2.38. The minimum absolute atomic E-state index is 0.637. The Morgan fingerprint density at radius 1 is 0.944 bits per heavy atom. The van der Waals surface area contributed by atoms with Crippen LogP contribution < -0.4 is 0 Å². The van der Waals surface area contributed by atoms with E-state index in [0.29, 0.717) is 6.04 Å². The molecule has 1 nitrogen and oxygen atoms in total. The van der Waals surface area contributed by atoms with Crippen LogP contribution in [0.15, 0.2) is 12.3 Å². The molecular weight excluding hydrogens is 218 g/mol. The van der Waals surface area contributed by atoms with Gasteiger partial charge in [-0.15, -0.1) is 0 Å². The van der Waals surface area contributed by atoms with Crippen LogP contribution >= 0.6 is 0 Å². The van der Waals surface area contributed by atoms with Crippen molar-refractivity contribution in [3.63, 3.8) is 0 Å². The van der Waals surface area contributed by atoms with Crippen molar-refractivity contribution in [3.05, 3.63) is 12.3 Å². The summed E-state index contributed by atoms with van der Waals surface area (Å²) in [6, 6.07) is 0.637. The van der Waals surface area contributed by atoms with Crippen LogP contribution in [0.5, 0.6) is 0 Å². The summed E-state index contributed by atoms with van der Waals surface area (Å²) in [4.78, 5) is 2.38. The third-order valence-corrected chi connectivity index (χ3v) is 1.77. The summed E-state index contributed by atoms with van der Waals surface area (Å²) in [5.41, 5.74) is 0. The zero-order chi connectivity index (χ0) is 15.4. The summed E-state index contributed by atoms with van der Waals surface area (Å²) in [5, 5.41) is 0. The molecule has 0 saturated carbocycles. The first-order chi connectivity index (χ1) is 8.63. The molecule has 0 fully saturated rings. The van der Waals surface area contributed by atoms with Crippen molar-refractivity contribution in [2.75, 3.05) is 6.54 Å². The second kappa shape index (κ2) is 30.0. The lowest BCUT2D eigenvalue weighted by atomic mass is 10.2. The SMILES string of the molecule is C/C=C\N(CCCC)C(C)C.CC.CC.CCC. The molecular formula is C17H41N. The van der Waals surface area contributed by atoms with Gasteiger partial charge in [0, 0.05) is 12.6 Å². The summed E-state index contributed by atoms with van der Waals surface area (Å²) in [7, 11) is 0. The Morgan fingerprint density at radius 2 is 1.33 bits per heavy atom. The highest BCUT2D eigenvalue weighted by Crippen LogP contribution is 2.01. The van der Waals surface area contributed by atoms with Gasteiger partial charge in [-0.05, 0) is 33.4 Å². The van der Waals surface area contributed by atoms with E-state index in [2.05, 4.69) is 58.7 Å². The lowest BCUT2D eigenvalue weighted by Crippen LogP contribution is -2.26. The van der Waals surface area contributed by atoms with Gasteiger partial charge in [0.2, 0.25) is 0 Å². The minimum Gasteiger partial charge on any atom is -0.375 e. The average Bonchev–Trinajstić information content (AvgIpc) is 2.40. The molecule has 0 N–H and O–H groups in total. The molecule has 0 aromatic heterocycles. The fourth-order valence-electron chi connectivity index (χ4n) is 1.04. The molecule has 0 aromatic carbocycles. The Hall–Kier alpha value is -0.460. The van der Waals surface area contributed by atoms with Crippen molar-refractivity contribution >= 4 is 0 Å². The highest BCUT2D eigenvalue weighted by Gasteiger charge is 2.01. The van der Waals surface area contributed by atoms with Crippen LogP contribution in [0.25, 0.3) is 0 Å². The van der Waals surface area contributed by atoms with Gasteiger partial charge in [-0.2, -0.15) is 0 Å². The first kappa shape index (κ1) is 26.2. The van der Waals surface area contributed by atoms with Crippen LogP contribution in [0.4, 0.5) is 0 Å². The molecule has 0 spiro atoms. The molecule has 0 bridgehead atoms. The quantitative estimate of drug-likeness (QED) is 0.544. The monoisotopic (exact) mass is 259 g/mol. The summed E-state index contributed by atoms with van der Waals surface area (Å²) in [5.74, 6) is 0. The summed E-state index contributed by atoms with van der Waals surface area (Å²) < 4.78 is 0. The Labute approximate surface area is 119 Å². The standard InChI is InChI=1S/C10H21N.C3H8.2C2H6/c1-5-7-9-11(8-6-2)10(3)4;1-3-2;2*1-2/h6,8,10H,5,7,9H2,1-4H3;3H2,1-2H3;2*1-2H3/b8-6-;;;. The van der Waals surface area contributed by atoms with Gasteiger partial charge < -0.3 is 4.90 Å². The van der Waals surface area contributed by atoms with Gasteiger partial charge in [-0.25, -0.2) is 0 Å². The summed E-state index contributed by atoms with van der Waals surface area (Å²) in [6.07, 6.45) is 8.11. The van der Waals surface area contributed by atoms with E-state index in [4.69, 9.17) is 0 Å². The molecule has 0 aliphatic carbocycles. The number of hydrogen-bond donors (Lipinski definition) is 0. The average molecular weight is 260 g/mol. The van der Waals surface area contributed by atoms with Crippen molar-refractivity contribution in [1.82, 2.24) is 4.90 Å². The fraction of sp³-hybridized carbons (Fsp3) is 0.882. The molecule has 0 aliphatic rings. The van der Waals surface area contributed by atoms with Gasteiger partial charge in [-0.3, -0.25) is 0 Å². The third kappa shape index (κ3) is 29.6. The van der Waals surface area contributed by atoms with E-state index in [9.17, 15) is 0 Å². The van der Waals surface area contributed by atoms with Crippen LogP contribution in [0.2, 0.25) is 0 Å². The lowest BCUT2D eigenvalue weighted by molar-refractivity contribution is 0.305.